The molecule has 1 aliphatic heterocycles. The van der Waals surface area contributed by atoms with E-state index in [1.807, 2.05) is 23.1 Å². The lowest BCUT2D eigenvalue weighted by atomic mass is 9.97. The van der Waals surface area contributed by atoms with E-state index >= 15 is 0 Å². The molecule has 96 valence electrons. The standard InChI is InChI=1S/C15H19NO2/c17-14(11-15(18)8-3-4-9-15)16-10-7-12-5-1-2-6-13(12)16/h1-2,5-6,18H,3-4,7-11H2. The molecule has 1 N–H and O–H groups in total. The fraction of sp³-hybridized carbons (Fsp3) is 0.533. The molecule has 0 unspecified atom stereocenters. The second kappa shape index (κ2) is 4.39. The number of rotatable bonds is 2. The molecular formula is C15H19NO2. The minimum atomic E-state index is -0.741. The van der Waals surface area contributed by atoms with E-state index in [0.29, 0.717) is 0 Å². The van der Waals surface area contributed by atoms with Gasteiger partial charge in [0, 0.05) is 12.2 Å². The molecule has 3 heteroatoms. The van der Waals surface area contributed by atoms with Gasteiger partial charge in [-0.2, -0.15) is 0 Å². The Morgan fingerprint density at radius 1 is 1.28 bits per heavy atom. The van der Waals surface area contributed by atoms with E-state index in [1.54, 1.807) is 0 Å². The van der Waals surface area contributed by atoms with Gasteiger partial charge in [-0.15, -0.1) is 0 Å². The van der Waals surface area contributed by atoms with Crippen LogP contribution in [0.5, 0.6) is 0 Å². The van der Waals surface area contributed by atoms with E-state index in [1.165, 1.54) is 5.56 Å². The van der Waals surface area contributed by atoms with Crippen molar-refractivity contribution in [2.75, 3.05) is 11.4 Å². The number of amides is 1. The van der Waals surface area contributed by atoms with Crippen molar-refractivity contribution in [1.29, 1.82) is 0 Å². The molecule has 0 saturated heterocycles. The number of nitrogens with zero attached hydrogens (tertiary/aromatic N) is 1. The molecule has 1 aromatic carbocycles. The summed E-state index contributed by atoms with van der Waals surface area (Å²) in [5.41, 5.74) is 1.53. The van der Waals surface area contributed by atoms with Crippen molar-refractivity contribution in [3.05, 3.63) is 29.8 Å². The first-order valence-corrected chi connectivity index (χ1v) is 6.79. The smallest absolute Gasteiger partial charge is 0.229 e. The van der Waals surface area contributed by atoms with Gasteiger partial charge in [0.25, 0.3) is 0 Å². The van der Waals surface area contributed by atoms with Crippen molar-refractivity contribution in [1.82, 2.24) is 0 Å². The second-order valence-electron chi connectivity index (χ2n) is 5.53. The van der Waals surface area contributed by atoms with E-state index in [9.17, 15) is 9.90 Å². The molecule has 0 aromatic heterocycles. The van der Waals surface area contributed by atoms with Crippen LogP contribution in [0.15, 0.2) is 24.3 Å². The molecule has 0 radical (unpaired) electrons. The number of para-hydroxylation sites is 1. The van der Waals surface area contributed by atoms with Gasteiger partial charge in [-0.3, -0.25) is 4.79 Å². The molecule has 1 amide bonds. The van der Waals surface area contributed by atoms with Crippen LogP contribution in [0, 0.1) is 0 Å². The van der Waals surface area contributed by atoms with E-state index in [-0.39, 0.29) is 12.3 Å². The number of carbonyl (C=O) groups excluding carboxylic acids is 1. The van der Waals surface area contributed by atoms with E-state index in [2.05, 4.69) is 6.07 Å². The summed E-state index contributed by atoms with van der Waals surface area (Å²) < 4.78 is 0. The Morgan fingerprint density at radius 3 is 2.78 bits per heavy atom. The van der Waals surface area contributed by atoms with Gasteiger partial charge in [-0.05, 0) is 30.9 Å². The average molecular weight is 245 g/mol. The highest BCUT2D eigenvalue weighted by atomic mass is 16.3. The lowest BCUT2D eigenvalue weighted by molar-refractivity contribution is -0.123. The highest BCUT2D eigenvalue weighted by molar-refractivity contribution is 5.96. The van der Waals surface area contributed by atoms with Crippen LogP contribution in [0.2, 0.25) is 0 Å². The van der Waals surface area contributed by atoms with Crippen LogP contribution >= 0.6 is 0 Å². The lowest BCUT2D eigenvalue weighted by Crippen LogP contribution is -2.37. The van der Waals surface area contributed by atoms with Crippen LogP contribution in [-0.2, 0) is 11.2 Å². The molecule has 1 aromatic rings. The minimum absolute atomic E-state index is 0.0735. The molecule has 1 aliphatic carbocycles. The quantitative estimate of drug-likeness (QED) is 0.868. The first-order chi connectivity index (χ1) is 8.68. The summed E-state index contributed by atoms with van der Waals surface area (Å²) in [4.78, 5) is 14.2. The third-order valence-electron chi connectivity index (χ3n) is 4.20. The number of carbonyl (C=O) groups is 1. The van der Waals surface area contributed by atoms with Gasteiger partial charge in [0.2, 0.25) is 5.91 Å². The highest BCUT2D eigenvalue weighted by Crippen LogP contribution is 2.35. The normalized spacial score (nSPS) is 21.1. The van der Waals surface area contributed by atoms with E-state index in [0.717, 1.165) is 44.3 Å². The number of benzene rings is 1. The Hall–Kier alpha value is -1.35. The van der Waals surface area contributed by atoms with Crippen LogP contribution < -0.4 is 4.90 Å². The predicted molar refractivity (Wildman–Crippen MR) is 70.5 cm³/mol. The summed E-state index contributed by atoms with van der Waals surface area (Å²) in [7, 11) is 0. The van der Waals surface area contributed by atoms with Crippen LogP contribution in [0.3, 0.4) is 0 Å². The maximum Gasteiger partial charge on any atom is 0.229 e. The van der Waals surface area contributed by atoms with Crippen LogP contribution in [-0.4, -0.2) is 23.2 Å². The van der Waals surface area contributed by atoms with Gasteiger partial charge in [-0.1, -0.05) is 31.0 Å². The van der Waals surface area contributed by atoms with Gasteiger partial charge in [0.15, 0.2) is 0 Å². The average Bonchev–Trinajstić information content (AvgIpc) is 2.95. The molecule has 18 heavy (non-hydrogen) atoms. The van der Waals surface area contributed by atoms with Crippen molar-refractivity contribution in [3.8, 4) is 0 Å². The monoisotopic (exact) mass is 245 g/mol. The minimum Gasteiger partial charge on any atom is -0.389 e. The van der Waals surface area contributed by atoms with Gasteiger partial charge in [-0.25, -0.2) is 0 Å². The van der Waals surface area contributed by atoms with Crippen LogP contribution in [0.25, 0.3) is 0 Å². The number of aliphatic hydroxyl groups is 1. The molecule has 3 rings (SSSR count). The molecule has 1 heterocycles. The van der Waals surface area contributed by atoms with Gasteiger partial charge in [0.05, 0.1) is 12.0 Å². The zero-order chi connectivity index (χ0) is 12.6. The molecule has 1 fully saturated rings. The van der Waals surface area contributed by atoms with Crippen LogP contribution in [0.1, 0.15) is 37.7 Å². The molecule has 0 spiro atoms. The Balaban J connectivity index is 1.74. The summed E-state index contributed by atoms with van der Waals surface area (Å²) in [5.74, 6) is 0.0735. The highest BCUT2D eigenvalue weighted by Gasteiger charge is 2.36. The number of hydrogen-bond donors (Lipinski definition) is 1. The molecular weight excluding hydrogens is 226 g/mol. The molecule has 2 aliphatic rings. The Bertz CT molecular complexity index is 463. The number of hydrogen-bond acceptors (Lipinski definition) is 2. The maximum absolute atomic E-state index is 12.3. The predicted octanol–water partition coefficient (Wildman–Crippen LogP) is 2.27. The Labute approximate surface area is 107 Å². The van der Waals surface area contributed by atoms with E-state index in [4.69, 9.17) is 0 Å². The van der Waals surface area contributed by atoms with Crippen molar-refractivity contribution in [2.24, 2.45) is 0 Å². The summed E-state index contributed by atoms with van der Waals surface area (Å²) in [6.07, 6.45) is 4.84. The fourth-order valence-corrected chi connectivity index (χ4v) is 3.18. The van der Waals surface area contributed by atoms with Crippen molar-refractivity contribution in [3.63, 3.8) is 0 Å². The lowest BCUT2D eigenvalue weighted by Gasteiger charge is -2.25. The Kier molecular flexibility index (Phi) is 2.86. The third-order valence-corrected chi connectivity index (χ3v) is 4.20. The number of fused-ring (bicyclic) bond motifs is 1. The van der Waals surface area contributed by atoms with Crippen molar-refractivity contribution < 1.29 is 9.90 Å². The number of anilines is 1. The summed E-state index contributed by atoms with van der Waals surface area (Å²) >= 11 is 0. The maximum atomic E-state index is 12.3. The third kappa shape index (κ3) is 2.03. The molecule has 3 nitrogen and oxygen atoms in total. The summed E-state index contributed by atoms with van der Waals surface area (Å²) in [6.45, 7) is 0.758. The summed E-state index contributed by atoms with van der Waals surface area (Å²) in [6, 6.07) is 8.05. The molecule has 0 bridgehead atoms. The van der Waals surface area contributed by atoms with E-state index < -0.39 is 5.60 Å². The van der Waals surface area contributed by atoms with Crippen molar-refractivity contribution >= 4 is 11.6 Å². The van der Waals surface area contributed by atoms with Crippen LogP contribution in [0.4, 0.5) is 5.69 Å². The SMILES string of the molecule is O=C(CC1(O)CCCC1)N1CCc2ccccc21. The summed E-state index contributed by atoms with van der Waals surface area (Å²) in [5, 5.41) is 10.3. The zero-order valence-electron chi connectivity index (χ0n) is 10.6. The largest absolute Gasteiger partial charge is 0.389 e. The topological polar surface area (TPSA) is 40.5 Å². The van der Waals surface area contributed by atoms with Gasteiger partial charge < -0.3 is 10.0 Å². The first kappa shape index (κ1) is 11.7. The van der Waals surface area contributed by atoms with Crippen molar-refractivity contribution in [2.45, 2.75) is 44.1 Å². The first-order valence-electron chi connectivity index (χ1n) is 6.79. The second-order valence-corrected chi connectivity index (χ2v) is 5.53. The zero-order valence-corrected chi connectivity index (χ0v) is 10.6. The van der Waals surface area contributed by atoms with Gasteiger partial charge >= 0.3 is 0 Å². The van der Waals surface area contributed by atoms with Gasteiger partial charge in [0.1, 0.15) is 0 Å². The fourth-order valence-electron chi connectivity index (χ4n) is 3.18. The molecule has 1 saturated carbocycles. The Morgan fingerprint density at radius 2 is 2.00 bits per heavy atom. The molecule has 0 atom stereocenters.